The molecule has 0 amide bonds. The maximum atomic E-state index is 10.5. The molecule has 0 fully saturated rings. The molecule has 11 heavy (non-hydrogen) atoms. The van der Waals surface area contributed by atoms with Gasteiger partial charge in [-0.05, 0) is 6.42 Å². The molecule has 0 bridgehead atoms. The summed E-state index contributed by atoms with van der Waals surface area (Å²) in [7, 11) is 0. The second-order valence-corrected chi connectivity index (χ2v) is 1.61. The zero-order valence-electron chi connectivity index (χ0n) is 6.09. The summed E-state index contributed by atoms with van der Waals surface area (Å²) in [4.78, 5) is 20.2. The molecule has 0 heterocycles. The van der Waals surface area contributed by atoms with E-state index in [1.807, 2.05) is 0 Å². The number of carboxylic acid groups (broad SMARTS) is 1. The van der Waals surface area contributed by atoms with Gasteiger partial charge >= 0.3 is 12.1 Å². The van der Waals surface area contributed by atoms with E-state index in [0.29, 0.717) is 6.42 Å². The molecule has 0 spiro atoms. The third-order valence-corrected chi connectivity index (χ3v) is 0.895. The molecule has 0 atom stereocenters. The molecule has 0 aromatic rings. The van der Waals surface area contributed by atoms with Crippen molar-refractivity contribution < 1.29 is 41.2 Å². The van der Waals surface area contributed by atoms with Crippen molar-refractivity contribution in [2.24, 2.45) is 0 Å². The summed E-state index contributed by atoms with van der Waals surface area (Å²) in [6.07, 6.45) is -1.20. The van der Waals surface area contributed by atoms with Crippen LogP contribution in [0.3, 0.4) is 0 Å². The molecule has 5 heteroatoms. The van der Waals surface area contributed by atoms with E-state index in [0.717, 1.165) is 0 Å². The minimum absolute atomic E-state index is 0. The molecule has 0 aliphatic carbocycles. The molecule has 0 saturated heterocycles. The van der Waals surface area contributed by atoms with Crippen molar-refractivity contribution in [3.05, 3.63) is 12.2 Å². The third-order valence-electron chi connectivity index (χ3n) is 0.895. The molecule has 4 nitrogen and oxygen atoms in total. The van der Waals surface area contributed by atoms with E-state index in [4.69, 9.17) is 5.11 Å². The Morgan fingerprint density at radius 1 is 1.55 bits per heavy atom. The Hall–Kier alpha value is -0.606. The minimum Gasteiger partial charge on any atom is -0.449 e. The van der Waals surface area contributed by atoms with E-state index >= 15 is 0 Å². The first-order valence-electron chi connectivity index (χ1n) is 2.70. The first-order chi connectivity index (χ1) is 4.57. The second-order valence-electron chi connectivity index (χ2n) is 1.61. The minimum atomic E-state index is -1.60. The molecule has 0 aromatic heterocycles. The Labute approximate surface area is 79.1 Å². The molecule has 1 N–H and O–H groups in total. The first-order valence-corrected chi connectivity index (χ1v) is 2.70. The van der Waals surface area contributed by atoms with E-state index < -0.39 is 12.1 Å². The quantitative estimate of drug-likeness (QED) is 0.308. The number of hydrogen-bond donors (Lipinski definition) is 1. The van der Waals surface area contributed by atoms with Crippen LogP contribution in [0.5, 0.6) is 0 Å². The van der Waals surface area contributed by atoms with Gasteiger partial charge in [0.1, 0.15) is 0 Å². The predicted molar refractivity (Wildman–Crippen MR) is 33.5 cm³/mol. The van der Waals surface area contributed by atoms with Crippen molar-refractivity contribution in [3.63, 3.8) is 0 Å². The van der Waals surface area contributed by atoms with Crippen LogP contribution in [0, 0.1) is 0 Å². The number of hydrogen-bond acceptors (Lipinski definition) is 3. The molecule has 0 aromatic carbocycles. The fourth-order valence-electron chi connectivity index (χ4n) is 0.296. The molecular weight excluding hydrogens is 184 g/mol. The van der Waals surface area contributed by atoms with E-state index in [1.165, 1.54) is 0 Å². The maximum absolute atomic E-state index is 10.5. The van der Waals surface area contributed by atoms with Crippen molar-refractivity contribution >= 4 is 12.1 Å². The maximum Gasteiger partial charge on any atom is 0.513 e. The van der Waals surface area contributed by atoms with Gasteiger partial charge in [-0.1, -0.05) is 13.5 Å². The van der Waals surface area contributed by atoms with E-state index in [2.05, 4.69) is 11.3 Å². The number of esters is 1. The fourth-order valence-corrected chi connectivity index (χ4v) is 0.296. The molecule has 60 valence electrons. The fraction of sp³-hybridized carbons (Fsp3) is 0.333. The molecule has 0 radical (unpaired) electrons. The average molecular weight is 192 g/mol. The van der Waals surface area contributed by atoms with Gasteiger partial charge in [0.05, 0.1) is 0 Å². The zero-order valence-corrected chi connectivity index (χ0v) is 7.65. The van der Waals surface area contributed by atoms with Crippen molar-refractivity contribution in [1.82, 2.24) is 0 Å². The topological polar surface area (TPSA) is 63.6 Å². The first kappa shape index (κ1) is 13.0. The van der Waals surface area contributed by atoms with Gasteiger partial charge in [0, 0.05) is 27.3 Å². The summed E-state index contributed by atoms with van der Waals surface area (Å²) in [5, 5.41) is 7.94. The standard InChI is InChI=1S/C6H8O4.Ti/c1-3-4(2)5(7)10-6(8)9;/h2-3H2,1H3,(H,8,9);. The van der Waals surface area contributed by atoms with E-state index in [-0.39, 0.29) is 27.3 Å². The molecule has 0 rings (SSSR count). The molecule has 0 saturated carbocycles. The largest absolute Gasteiger partial charge is 0.513 e. The molecule has 0 aliphatic heterocycles. The van der Waals surface area contributed by atoms with Crippen LogP contribution in [-0.4, -0.2) is 17.2 Å². The van der Waals surface area contributed by atoms with Crippen molar-refractivity contribution in [1.29, 1.82) is 0 Å². The number of carbonyl (C=O) groups excluding carboxylic acids is 1. The van der Waals surface area contributed by atoms with E-state index in [1.54, 1.807) is 6.92 Å². The van der Waals surface area contributed by atoms with Gasteiger partial charge in [0.15, 0.2) is 0 Å². The summed E-state index contributed by atoms with van der Waals surface area (Å²) in [6, 6.07) is 0. The summed E-state index contributed by atoms with van der Waals surface area (Å²) in [6.45, 7) is 4.97. The predicted octanol–water partition coefficient (Wildman–Crippen LogP) is 1.17. The smallest absolute Gasteiger partial charge is 0.449 e. The number of rotatable bonds is 2. The van der Waals surface area contributed by atoms with Crippen LogP contribution in [0.2, 0.25) is 0 Å². The van der Waals surface area contributed by atoms with Gasteiger partial charge in [0.25, 0.3) is 0 Å². The van der Waals surface area contributed by atoms with Gasteiger partial charge in [-0.3, -0.25) is 0 Å². The molecular formula is C6H8O4Ti. The Kier molecular flexibility index (Phi) is 7.25. The van der Waals surface area contributed by atoms with Crippen molar-refractivity contribution in [2.75, 3.05) is 0 Å². The summed E-state index contributed by atoms with van der Waals surface area (Å²) in [5.74, 6) is -0.880. The summed E-state index contributed by atoms with van der Waals surface area (Å²) in [5.41, 5.74) is 0.155. The number of ether oxygens (including phenoxy) is 1. The van der Waals surface area contributed by atoms with Crippen LogP contribution >= 0.6 is 0 Å². The average Bonchev–Trinajstić information content (AvgIpc) is 1.85. The van der Waals surface area contributed by atoms with Crippen LogP contribution in [0.15, 0.2) is 12.2 Å². The van der Waals surface area contributed by atoms with Crippen LogP contribution in [0.1, 0.15) is 13.3 Å². The normalized spacial score (nSPS) is 7.73. The van der Waals surface area contributed by atoms with Gasteiger partial charge in [0.2, 0.25) is 0 Å². The Morgan fingerprint density at radius 2 is 2.00 bits per heavy atom. The Balaban J connectivity index is 0. The van der Waals surface area contributed by atoms with Crippen LogP contribution in [-0.2, 0) is 31.2 Å². The van der Waals surface area contributed by atoms with Gasteiger partial charge in [-0.25, -0.2) is 9.59 Å². The van der Waals surface area contributed by atoms with E-state index in [9.17, 15) is 9.59 Å². The zero-order chi connectivity index (χ0) is 8.15. The van der Waals surface area contributed by atoms with Crippen LogP contribution in [0.25, 0.3) is 0 Å². The second kappa shape index (κ2) is 6.13. The molecule has 0 aliphatic rings. The summed E-state index contributed by atoms with van der Waals surface area (Å²) >= 11 is 0. The third kappa shape index (κ3) is 5.82. The summed E-state index contributed by atoms with van der Waals surface area (Å²) < 4.78 is 3.78. The van der Waals surface area contributed by atoms with Gasteiger partial charge in [-0.2, -0.15) is 0 Å². The van der Waals surface area contributed by atoms with Gasteiger partial charge < -0.3 is 9.84 Å². The van der Waals surface area contributed by atoms with Crippen molar-refractivity contribution in [2.45, 2.75) is 13.3 Å². The van der Waals surface area contributed by atoms with Gasteiger partial charge in [-0.15, -0.1) is 0 Å². The monoisotopic (exact) mass is 192 g/mol. The Morgan fingerprint density at radius 3 is 2.27 bits per heavy atom. The SMILES string of the molecule is C=C(CC)C(=O)OC(=O)O.[Ti]. The molecule has 0 unspecified atom stereocenters. The van der Waals surface area contributed by atoms with Crippen molar-refractivity contribution in [3.8, 4) is 0 Å². The van der Waals surface area contributed by atoms with Crippen LogP contribution < -0.4 is 0 Å². The Bertz CT molecular complexity index is 175. The number of carbonyl (C=O) groups is 2. The van der Waals surface area contributed by atoms with Crippen LogP contribution in [0.4, 0.5) is 4.79 Å².